The third-order valence-corrected chi connectivity index (χ3v) is 13.8. The number of hydrogen-bond acceptors (Lipinski definition) is 3. The van der Waals surface area contributed by atoms with Gasteiger partial charge in [-0.25, -0.2) is 0 Å². The fourth-order valence-corrected chi connectivity index (χ4v) is 11.1. The Morgan fingerprint density at radius 3 is 1.68 bits per heavy atom. The molecule has 0 bridgehead atoms. The molecule has 1 aliphatic heterocycles. The van der Waals surface area contributed by atoms with E-state index in [0.29, 0.717) is 0 Å². The van der Waals surface area contributed by atoms with Gasteiger partial charge in [0, 0.05) is 27.8 Å². The van der Waals surface area contributed by atoms with Gasteiger partial charge in [0.05, 0.1) is 22.2 Å². The van der Waals surface area contributed by atoms with Crippen LogP contribution in [0.1, 0.15) is 44.5 Å². The summed E-state index contributed by atoms with van der Waals surface area (Å²) in [7, 11) is 0. The number of furan rings is 1. The molecule has 0 saturated heterocycles. The summed E-state index contributed by atoms with van der Waals surface area (Å²) in [5.41, 5.74) is 18.9. The van der Waals surface area contributed by atoms with Gasteiger partial charge in [-0.2, -0.15) is 0 Å². The lowest BCUT2D eigenvalue weighted by molar-refractivity contribution is 0.436. The number of rotatable bonds is 8. The van der Waals surface area contributed by atoms with Crippen LogP contribution in [0.4, 0.5) is 17.1 Å². The highest BCUT2D eigenvalue weighted by Gasteiger charge is 2.51. The first-order valence-corrected chi connectivity index (χ1v) is 22.8. The number of nitrogens with zero attached hydrogens (tertiary/aromatic N) is 1. The zero-order valence-corrected chi connectivity index (χ0v) is 36.2. The van der Waals surface area contributed by atoms with Gasteiger partial charge in [0.15, 0.2) is 0 Å². The smallest absolute Gasteiger partial charge is 0.137 e. The van der Waals surface area contributed by atoms with Crippen LogP contribution in [0, 0.1) is 0 Å². The number of para-hydroxylation sites is 2. The lowest BCUT2D eigenvalue weighted by Gasteiger charge is -2.40. The largest absolute Gasteiger partial charge is 0.457 e. The summed E-state index contributed by atoms with van der Waals surface area (Å²) in [6, 6.07) is 85.8. The van der Waals surface area contributed by atoms with Crippen molar-refractivity contribution in [3.63, 3.8) is 0 Å². The summed E-state index contributed by atoms with van der Waals surface area (Å²) in [4.78, 5) is 2.49. The van der Waals surface area contributed by atoms with Crippen LogP contribution >= 0.6 is 0 Å². The van der Waals surface area contributed by atoms with Crippen molar-refractivity contribution >= 4 is 39.0 Å². The molecule has 1 aromatic heterocycles. The molecule has 0 N–H and O–H groups in total. The molecule has 13 rings (SSSR count). The number of benzene rings is 10. The molecule has 1 aliphatic carbocycles. The molecule has 0 amide bonds. The Morgan fingerprint density at radius 1 is 0.379 bits per heavy atom. The summed E-state index contributed by atoms with van der Waals surface area (Å²) in [5.74, 6) is 1.73. The van der Waals surface area contributed by atoms with Gasteiger partial charge in [0.2, 0.25) is 0 Å². The topological polar surface area (TPSA) is 25.6 Å². The second kappa shape index (κ2) is 15.4. The summed E-state index contributed by atoms with van der Waals surface area (Å²) >= 11 is 0. The monoisotopic (exact) mass is 845 g/mol. The first-order chi connectivity index (χ1) is 32.7. The van der Waals surface area contributed by atoms with Crippen molar-refractivity contribution in [1.82, 2.24) is 0 Å². The average Bonchev–Trinajstić information content (AvgIpc) is 3.90. The van der Waals surface area contributed by atoms with E-state index >= 15 is 0 Å². The minimum atomic E-state index is -0.631. The molecule has 1 spiro atoms. The molecular formula is C63H43NO2. The minimum absolute atomic E-state index is 0.631. The van der Waals surface area contributed by atoms with E-state index in [-0.39, 0.29) is 0 Å². The van der Waals surface area contributed by atoms with Gasteiger partial charge in [-0.1, -0.05) is 188 Å². The standard InChI is InChI=1S/C63H43NO2/c1-3-19-42(20-4-1)39-44-23-7-8-25-47(44)61-45(40-43-21-5-2-6-22-43)24-17-32-55(61)64(56-33-18-36-60-62(56)50-28-11-15-34-57(50)65-60)46-37-38-59-54(41-46)63(53-31-14-16-35-58(53)66-59)51-29-12-9-26-48(51)49-27-10-13-30-52(49)63/h1-38,41H,39-40H2. The molecule has 3 heteroatoms. The van der Waals surface area contributed by atoms with Gasteiger partial charge in [-0.15, -0.1) is 0 Å². The molecule has 0 unspecified atom stereocenters. The van der Waals surface area contributed by atoms with Crippen molar-refractivity contribution < 1.29 is 9.15 Å². The van der Waals surface area contributed by atoms with Crippen LogP contribution in [0.25, 0.3) is 44.2 Å². The minimum Gasteiger partial charge on any atom is -0.457 e. The van der Waals surface area contributed by atoms with Crippen LogP contribution < -0.4 is 9.64 Å². The van der Waals surface area contributed by atoms with E-state index in [1.165, 1.54) is 55.6 Å². The molecule has 0 fully saturated rings. The van der Waals surface area contributed by atoms with E-state index in [1.807, 2.05) is 0 Å². The molecule has 66 heavy (non-hydrogen) atoms. The first-order valence-electron chi connectivity index (χ1n) is 22.8. The Balaban J connectivity index is 1.13. The zero-order valence-electron chi connectivity index (χ0n) is 36.2. The lowest BCUT2D eigenvalue weighted by atomic mass is 9.66. The van der Waals surface area contributed by atoms with Gasteiger partial charge in [-0.05, 0) is 111 Å². The summed E-state index contributed by atoms with van der Waals surface area (Å²) in [6.07, 6.45) is 1.57. The maximum Gasteiger partial charge on any atom is 0.137 e. The summed E-state index contributed by atoms with van der Waals surface area (Å²) in [6.45, 7) is 0. The van der Waals surface area contributed by atoms with Crippen molar-refractivity contribution in [2.24, 2.45) is 0 Å². The van der Waals surface area contributed by atoms with E-state index in [1.54, 1.807) is 0 Å². The molecule has 10 aromatic carbocycles. The Morgan fingerprint density at radius 2 is 0.924 bits per heavy atom. The van der Waals surface area contributed by atoms with Crippen molar-refractivity contribution in [1.29, 1.82) is 0 Å². The number of ether oxygens (including phenoxy) is 1. The molecule has 312 valence electrons. The van der Waals surface area contributed by atoms with Crippen molar-refractivity contribution in [2.75, 3.05) is 4.90 Å². The molecule has 2 heterocycles. The summed E-state index contributed by atoms with van der Waals surface area (Å²) < 4.78 is 13.6. The van der Waals surface area contributed by atoms with Crippen LogP contribution in [0.2, 0.25) is 0 Å². The van der Waals surface area contributed by atoms with Gasteiger partial charge in [-0.3, -0.25) is 0 Å². The average molecular weight is 846 g/mol. The second-order valence-electron chi connectivity index (χ2n) is 17.5. The molecule has 2 aliphatic rings. The van der Waals surface area contributed by atoms with Crippen LogP contribution in [0.15, 0.2) is 241 Å². The fraction of sp³-hybridized carbons (Fsp3) is 0.0476. The Labute approximate surface area is 384 Å². The van der Waals surface area contributed by atoms with E-state index in [0.717, 1.165) is 74.5 Å². The van der Waals surface area contributed by atoms with Crippen molar-refractivity contribution in [3.8, 4) is 33.8 Å². The molecule has 0 atom stereocenters. The highest BCUT2D eigenvalue weighted by molar-refractivity contribution is 6.14. The van der Waals surface area contributed by atoms with Crippen molar-refractivity contribution in [2.45, 2.75) is 18.3 Å². The third-order valence-electron chi connectivity index (χ3n) is 13.8. The molecule has 0 saturated carbocycles. The Kier molecular flexibility index (Phi) is 8.89. The number of anilines is 3. The van der Waals surface area contributed by atoms with Gasteiger partial charge in [0.25, 0.3) is 0 Å². The first kappa shape index (κ1) is 38.1. The van der Waals surface area contributed by atoms with Crippen LogP contribution in [0.5, 0.6) is 11.5 Å². The summed E-state index contributed by atoms with van der Waals surface area (Å²) in [5, 5.41) is 2.14. The molecule has 3 nitrogen and oxygen atoms in total. The predicted molar refractivity (Wildman–Crippen MR) is 270 cm³/mol. The van der Waals surface area contributed by atoms with Gasteiger partial charge in [0.1, 0.15) is 22.7 Å². The second-order valence-corrected chi connectivity index (χ2v) is 17.5. The maximum atomic E-state index is 6.97. The Hall–Kier alpha value is -8.40. The highest BCUT2D eigenvalue weighted by Crippen LogP contribution is 2.63. The van der Waals surface area contributed by atoms with E-state index in [9.17, 15) is 0 Å². The predicted octanol–water partition coefficient (Wildman–Crippen LogP) is 16.4. The van der Waals surface area contributed by atoms with Crippen LogP contribution in [-0.2, 0) is 18.3 Å². The quantitative estimate of drug-likeness (QED) is 0.152. The lowest BCUT2D eigenvalue weighted by Crippen LogP contribution is -2.32. The molecular weight excluding hydrogens is 803 g/mol. The van der Waals surface area contributed by atoms with Crippen molar-refractivity contribution in [3.05, 3.63) is 281 Å². The van der Waals surface area contributed by atoms with E-state index in [4.69, 9.17) is 9.15 Å². The van der Waals surface area contributed by atoms with Crippen LogP contribution in [-0.4, -0.2) is 0 Å². The third kappa shape index (κ3) is 5.90. The number of hydrogen-bond donors (Lipinski definition) is 0. The van der Waals surface area contributed by atoms with Gasteiger partial charge < -0.3 is 14.1 Å². The van der Waals surface area contributed by atoms with Crippen LogP contribution in [0.3, 0.4) is 0 Å². The maximum absolute atomic E-state index is 6.97. The van der Waals surface area contributed by atoms with E-state index in [2.05, 4.69) is 241 Å². The number of fused-ring (bicyclic) bond motifs is 12. The fourth-order valence-electron chi connectivity index (χ4n) is 11.1. The Bertz CT molecular complexity index is 3600. The zero-order chi connectivity index (χ0) is 43.6. The van der Waals surface area contributed by atoms with Gasteiger partial charge >= 0.3 is 0 Å². The van der Waals surface area contributed by atoms with E-state index < -0.39 is 5.41 Å². The molecule has 11 aromatic rings. The molecule has 0 radical (unpaired) electrons. The highest BCUT2D eigenvalue weighted by atomic mass is 16.5. The normalized spacial score (nSPS) is 12.9. The SMILES string of the molecule is c1ccc(Cc2ccccc2-c2c(Cc3ccccc3)cccc2N(c2ccc3c(c2)C2(c4ccccc4O3)c3ccccc3-c3ccccc32)c2cccc3oc4ccccc4c23)cc1.